The molecule has 0 aromatic carbocycles. The van der Waals surface area contributed by atoms with E-state index in [9.17, 15) is 114 Å². The first-order valence-corrected chi connectivity index (χ1v) is 10.5. The van der Waals surface area contributed by atoms with Gasteiger partial charge in [-0.25, -0.2) is 0 Å². The number of hydrogen-bond acceptors (Lipinski definition) is 3. The normalized spacial score (nSPS) is 16.6. The topological polar surface area (TPSA) is 71.4 Å². The van der Waals surface area contributed by atoms with Crippen LogP contribution in [-0.2, 0) is 14.9 Å². The van der Waals surface area contributed by atoms with Gasteiger partial charge in [-0.2, -0.15) is 109 Å². The highest BCUT2D eigenvalue weighted by molar-refractivity contribution is 7.86. The van der Waals surface area contributed by atoms with Crippen LogP contribution >= 0.6 is 0 Å². The van der Waals surface area contributed by atoms with Crippen LogP contribution in [0.25, 0.3) is 0 Å². The smallest absolute Gasteiger partial charge is 0.298 e. The number of carbonyl (C=O) groups excluding carboxylic acids is 1. The van der Waals surface area contributed by atoms with Crippen LogP contribution in [0.4, 0.5) is 101 Å². The van der Waals surface area contributed by atoms with Crippen molar-refractivity contribution in [2.75, 3.05) is 5.75 Å². The first-order valence-electron chi connectivity index (χ1n) is 8.92. The Kier molecular flexibility index (Phi) is 9.51. The zero-order valence-electron chi connectivity index (χ0n) is 18.2. The highest BCUT2D eigenvalue weighted by Crippen LogP contribution is 2.67. The second kappa shape index (κ2) is 10.00. The fourth-order valence-electron chi connectivity index (χ4n) is 2.40. The molecule has 0 saturated heterocycles. The lowest BCUT2D eigenvalue weighted by molar-refractivity contribution is -0.478. The third-order valence-corrected chi connectivity index (χ3v) is 5.42. The minimum Gasteiger partial charge on any atom is -0.298 e. The Bertz CT molecular complexity index is 1130. The molecule has 0 fully saturated rings. The van der Waals surface area contributed by atoms with Gasteiger partial charge in [-0.1, -0.05) is 0 Å². The number of rotatable bonds is 13. The molecule has 0 spiro atoms. The number of Topliss-reactive ketones (excluding diaryl/α,β-unsaturated/α-hetero) is 1. The van der Waals surface area contributed by atoms with Gasteiger partial charge in [0.1, 0.15) is 5.75 Å². The minimum atomic E-state index is -9.55. The molecule has 252 valence electrons. The second-order valence-electron chi connectivity index (χ2n) is 7.81. The Labute approximate surface area is 213 Å². The van der Waals surface area contributed by atoms with Gasteiger partial charge in [0.25, 0.3) is 10.1 Å². The summed E-state index contributed by atoms with van der Waals surface area (Å²) in [6.07, 6.45) is -12.0. The molecule has 0 aliphatic carbocycles. The average molecular weight is 706 g/mol. The first kappa shape index (κ1) is 40.0. The molecule has 0 saturated carbocycles. The quantitative estimate of drug-likeness (QED) is 0.170. The molecule has 0 radical (unpaired) electrons. The molecule has 0 rings (SSSR count). The summed E-state index contributed by atoms with van der Waals surface area (Å²) in [5.74, 6) is -95.6. The van der Waals surface area contributed by atoms with E-state index < -0.39 is 93.5 Å². The Morgan fingerprint density at radius 1 is 0.429 bits per heavy atom. The van der Waals surface area contributed by atoms with Crippen LogP contribution in [0.3, 0.4) is 0 Å². The van der Waals surface area contributed by atoms with Crippen molar-refractivity contribution in [3.63, 3.8) is 0 Å². The van der Waals surface area contributed by atoms with E-state index in [1.165, 1.54) is 0 Å². The summed E-state index contributed by atoms with van der Waals surface area (Å²) in [5.41, 5.74) is 0. The molecule has 0 aliphatic heterocycles. The molecule has 0 bridgehead atoms. The van der Waals surface area contributed by atoms with E-state index in [4.69, 9.17) is 4.55 Å². The highest BCUT2D eigenvalue weighted by atomic mass is 32.2. The van der Waals surface area contributed by atoms with Gasteiger partial charge < -0.3 is 0 Å². The summed E-state index contributed by atoms with van der Waals surface area (Å²) in [6.45, 7) is 0. The molecular weight excluding hydrogens is 701 g/mol. The SMILES string of the molecule is O=C(CC(F)(F)C(F)(F)C(F)(F)C(F)(F)C(F)(F)C(F)(F)C(F)(F)C(F)(F)C(F)(F)C(F)(F)C(F)(F)F)CS(=O)(=O)O. The van der Waals surface area contributed by atoms with Crippen molar-refractivity contribution in [1.82, 2.24) is 0 Å². The molecule has 0 aromatic rings. The molecule has 28 heteroatoms. The average Bonchev–Trinajstić information content (AvgIpc) is 2.69. The van der Waals surface area contributed by atoms with Crippen molar-refractivity contribution in [2.24, 2.45) is 0 Å². The second-order valence-corrected chi connectivity index (χ2v) is 9.27. The van der Waals surface area contributed by atoms with Crippen molar-refractivity contribution in [1.29, 1.82) is 0 Å². The maximum atomic E-state index is 13.6. The van der Waals surface area contributed by atoms with Crippen molar-refractivity contribution >= 4 is 15.9 Å². The van der Waals surface area contributed by atoms with E-state index in [-0.39, 0.29) is 0 Å². The first-order chi connectivity index (χ1) is 17.6. The summed E-state index contributed by atoms with van der Waals surface area (Å²) >= 11 is 0. The zero-order valence-corrected chi connectivity index (χ0v) is 19.0. The molecule has 0 unspecified atom stereocenters. The summed E-state index contributed by atoms with van der Waals surface area (Å²) in [5, 5.41) is 0. The number of hydrogen-bond donors (Lipinski definition) is 1. The molecule has 0 atom stereocenters. The Morgan fingerprint density at radius 3 is 0.857 bits per heavy atom. The van der Waals surface area contributed by atoms with Gasteiger partial charge in [-0.15, -0.1) is 0 Å². The van der Waals surface area contributed by atoms with Crippen LogP contribution in [0.2, 0.25) is 0 Å². The van der Waals surface area contributed by atoms with E-state index in [1.54, 1.807) is 0 Å². The van der Waals surface area contributed by atoms with Crippen molar-refractivity contribution in [3.8, 4) is 0 Å². The van der Waals surface area contributed by atoms with Gasteiger partial charge in [0.2, 0.25) is 0 Å². The van der Waals surface area contributed by atoms with Crippen LogP contribution in [0, 0.1) is 0 Å². The van der Waals surface area contributed by atoms with Gasteiger partial charge in [-0.05, 0) is 0 Å². The van der Waals surface area contributed by atoms with Crippen molar-refractivity contribution in [2.45, 2.75) is 71.8 Å². The van der Waals surface area contributed by atoms with E-state index in [0.717, 1.165) is 0 Å². The van der Waals surface area contributed by atoms with E-state index in [0.29, 0.717) is 0 Å². The number of ketones is 1. The van der Waals surface area contributed by atoms with Crippen LogP contribution < -0.4 is 0 Å². The van der Waals surface area contributed by atoms with Crippen LogP contribution in [-0.4, -0.2) is 89.9 Å². The third-order valence-electron chi connectivity index (χ3n) is 4.73. The number of halogens is 23. The summed E-state index contributed by atoms with van der Waals surface area (Å²) in [6, 6.07) is 0. The van der Waals surface area contributed by atoms with E-state index in [1.807, 2.05) is 0 Å². The van der Waals surface area contributed by atoms with Gasteiger partial charge in [-0.3, -0.25) is 9.35 Å². The predicted octanol–water partition coefficient (Wildman–Crippen LogP) is 6.75. The molecule has 1 N–H and O–H groups in total. The highest BCUT2D eigenvalue weighted by Gasteiger charge is 2.98. The largest absolute Gasteiger partial charge is 0.460 e. The van der Waals surface area contributed by atoms with Crippen LogP contribution in [0.15, 0.2) is 0 Å². The molecular formula is C14H5F23O4S. The van der Waals surface area contributed by atoms with Crippen molar-refractivity contribution < 1.29 is 119 Å². The fourth-order valence-corrected chi connectivity index (χ4v) is 2.91. The lowest BCUT2D eigenvalue weighted by atomic mass is 9.85. The Morgan fingerprint density at radius 2 is 0.643 bits per heavy atom. The summed E-state index contributed by atoms with van der Waals surface area (Å²) < 4.78 is 333. The Hall–Kier alpha value is -2.03. The maximum Gasteiger partial charge on any atom is 0.460 e. The molecule has 42 heavy (non-hydrogen) atoms. The minimum absolute atomic E-state index is 2.74. The number of alkyl halides is 23. The lowest BCUT2D eigenvalue weighted by Crippen LogP contribution is -2.77. The van der Waals surface area contributed by atoms with Crippen LogP contribution in [0.1, 0.15) is 6.42 Å². The van der Waals surface area contributed by atoms with E-state index in [2.05, 4.69) is 0 Å². The predicted molar refractivity (Wildman–Crippen MR) is 81.6 cm³/mol. The maximum absolute atomic E-state index is 13.6. The van der Waals surface area contributed by atoms with Crippen LogP contribution in [0.5, 0.6) is 0 Å². The Balaban J connectivity index is 7.13. The lowest BCUT2D eigenvalue weighted by Gasteiger charge is -2.45. The zero-order chi connectivity index (χ0) is 35.0. The van der Waals surface area contributed by atoms with E-state index >= 15 is 0 Å². The molecule has 0 amide bonds. The standard InChI is InChI=1S/C14H5F23O4S/c15-4(16,1-3(38)2-42(39,40)41)5(17,18)6(19,20)7(21,22)8(23,24)9(25,26)10(27,28)11(29,30)12(31,32)13(33,34)14(35,36)37/h1-2H2,(H,39,40,41). The molecule has 0 heterocycles. The third kappa shape index (κ3) is 5.41. The van der Waals surface area contributed by atoms with Crippen molar-refractivity contribution in [3.05, 3.63) is 0 Å². The van der Waals surface area contributed by atoms with Gasteiger partial charge >= 0.3 is 65.4 Å². The van der Waals surface area contributed by atoms with Gasteiger partial charge in [0.15, 0.2) is 5.78 Å². The molecule has 0 aliphatic rings. The molecule has 0 aromatic heterocycles. The fraction of sp³-hybridized carbons (Fsp3) is 0.929. The van der Waals surface area contributed by atoms with Gasteiger partial charge in [0.05, 0.1) is 6.42 Å². The van der Waals surface area contributed by atoms with Gasteiger partial charge in [0, 0.05) is 0 Å². The summed E-state index contributed by atoms with van der Waals surface area (Å²) in [4.78, 5) is 10.9. The number of carbonyl (C=O) groups is 1. The monoisotopic (exact) mass is 706 g/mol. The summed E-state index contributed by atoms with van der Waals surface area (Å²) in [7, 11) is -5.83. The molecule has 4 nitrogen and oxygen atoms in total.